The zero-order valence-corrected chi connectivity index (χ0v) is 51.1. The summed E-state index contributed by atoms with van der Waals surface area (Å²) in [7, 11) is 0. The summed E-state index contributed by atoms with van der Waals surface area (Å²) in [6.07, 6.45) is 94.4. The zero-order valence-electron chi connectivity index (χ0n) is 51.1. The predicted molar refractivity (Wildman–Crippen MR) is 343 cm³/mol. The highest BCUT2D eigenvalue weighted by Gasteiger charge is 2.19. The molecule has 0 aromatic heterocycles. The van der Waals surface area contributed by atoms with Crippen molar-refractivity contribution in [2.24, 2.45) is 0 Å². The van der Waals surface area contributed by atoms with Gasteiger partial charge >= 0.3 is 17.9 Å². The van der Waals surface area contributed by atoms with E-state index in [0.717, 1.165) is 135 Å². The van der Waals surface area contributed by atoms with Gasteiger partial charge in [-0.1, -0.05) is 263 Å². The molecule has 0 aliphatic carbocycles. The summed E-state index contributed by atoms with van der Waals surface area (Å²) in [5.74, 6) is -0.963. The molecule has 1 unspecified atom stereocenters. The zero-order chi connectivity index (χ0) is 57.1. The smallest absolute Gasteiger partial charge is 0.306 e. The summed E-state index contributed by atoms with van der Waals surface area (Å²) < 4.78 is 16.8. The van der Waals surface area contributed by atoms with Crippen molar-refractivity contribution in [3.05, 3.63) is 146 Å². The van der Waals surface area contributed by atoms with Crippen LogP contribution in [0, 0.1) is 0 Å². The topological polar surface area (TPSA) is 78.9 Å². The van der Waals surface area contributed by atoms with E-state index >= 15 is 0 Å². The first kappa shape index (κ1) is 74.3. The van der Waals surface area contributed by atoms with Crippen molar-refractivity contribution in [1.82, 2.24) is 0 Å². The van der Waals surface area contributed by atoms with E-state index in [0.29, 0.717) is 25.7 Å². The van der Waals surface area contributed by atoms with Gasteiger partial charge in [0.15, 0.2) is 6.10 Å². The maximum absolute atomic E-state index is 12.9. The van der Waals surface area contributed by atoms with E-state index in [1.165, 1.54) is 96.3 Å². The Morgan fingerprint density at radius 3 is 0.861 bits per heavy atom. The molecule has 0 rings (SSSR count). The second kappa shape index (κ2) is 65.8. The number of ether oxygens (including phenoxy) is 3. The van der Waals surface area contributed by atoms with E-state index in [1.807, 2.05) is 0 Å². The predicted octanol–water partition coefficient (Wildman–Crippen LogP) is 22.3. The molecule has 0 fully saturated rings. The first-order chi connectivity index (χ1) is 39.0. The molecule has 6 heteroatoms. The summed E-state index contributed by atoms with van der Waals surface area (Å²) in [6.45, 7) is 6.42. The first-order valence-electron chi connectivity index (χ1n) is 32.3. The minimum Gasteiger partial charge on any atom is -0.462 e. The lowest BCUT2D eigenvalue weighted by Gasteiger charge is -2.18. The van der Waals surface area contributed by atoms with E-state index in [4.69, 9.17) is 14.2 Å². The average molecular weight is 1090 g/mol. The number of carbonyl (C=O) groups is 3. The maximum Gasteiger partial charge on any atom is 0.306 e. The molecule has 0 saturated carbocycles. The molecule has 0 N–H and O–H groups in total. The van der Waals surface area contributed by atoms with Crippen LogP contribution in [0.1, 0.15) is 278 Å². The van der Waals surface area contributed by atoms with E-state index in [2.05, 4.69) is 167 Å². The highest BCUT2D eigenvalue weighted by molar-refractivity contribution is 5.71. The second-order valence-electron chi connectivity index (χ2n) is 20.9. The minimum atomic E-state index is -0.807. The summed E-state index contributed by atoms with van der Waals surface area (Å²) in [6, 6.07) is 0. The van der Waals surface area contributed by atoms with Crippen molar-refractivity contribution < 1.29 is 28.6 Å². The molecule has 6 nitrogen and oxygen atoms in total. The molecule has 0 aromatic carbocycles. The molecule has 0 spiro atoms. The van der Waals surface area contributed by atoms with E-state index in [-0.39, 0.29) is 31.1 Å². The number of rotatable bonds is 57. The lowest BCUT2D eigenvalue weighted by Crippen LogP contribution is -2.30. The molecule has 0 aromatic rings. The van der Waals surface area contributed by atoms with Crippen LogP contribution in [0.3, 0.4) is 0 Å². The van der Waals surface area contributed by atoms with Crippen molar-refractivity contribution in [3.8, 4) is 0 Å². The molecular weight excluding hydrogens is 973 g/mol. The Kier molecular flexibility index (Phi) is 61.9. The fourth-order valence-electron chi connectivity index (χ4n) is 8.47. The van der Waals surface area contributed by atoms with Gasteiger partial charge in [0, 0.05) is 19.3 Å². The van der Waals surface area contributed by atoms with E-state index < -0.39 is 6.10 Å². The summed E-state index contributed by atoms with van der Waals surface area (Å²) in [5, 5.41) is 0. The Bertz CT molecular complexity index is 1730. The van der Waals surface area contributed by atoms with Crippen molar-refractivity contribution in [1.29, 1.82) is 0 Å². The Labute approximate surface area is 487 Å². The summed E-state index contributed by atoms with van der Waals surface area (Å²) >= 11 is 0. The molecular formula is C73H118O6. The first-order valence-corrected chi connectivity index (χ1v) is 32.3. The fraction of sp³-hybridized carbons (Fsp3) is 0.630. The largest absolute Gasteiger partial charge is 0.462 e. The number of allylic oxidation sites excluding steroid dienone is 24. The number of esters is 3. The molecule has 446 valence electrons. The van der Waals surface area contributed by atoms with Crippen LogP contribution in [0.5, 0.6) is 0 Å². The van der Waals surface area contributed by atoms with Crippen LogP contribution >= 0.6 is 0 Å². The fourth-order valence-corrected chi connectivity index (χ4v) is 8.47. The molecule has 0 saturated heterocycles. The Hall–Kier alpha value is -4.71. The van der Waals surface area contributed by atoms with Gasteiger partial charge < -0.3 is 14.2 Å². The van der Waals surface area contributed by atoms with E-state index in [9.17, 15) is 14.4 Å². The van der Waals surface area contributed by atoms with Crippen molar-refractivity contribution in [2.45, 2.75) is 284 Å². The van der Waals surface area contributed by atoms with Gasteiger partial charge in [-0.25, -0.2) is 0 Å². The van der Waals surface area contributed by atoms with Gasteiger partial charge in [-0.15, -0.1) is 0 Å². The molecule has 1 atom stereocenters. The number of unbranched alkanes of at least 4 members (excludes halogenated alkanes) is 22. The molecule has 0 bridgehead atoms. The monoisotopic (exact) mass is 1090 g/mol. The van der Waals surface area contributed by atoms with Gasteiger partial charge in [0.05, 0.1) is 0 Å². The van der Waals surface area contributed by atoms with Crippen LogP contribution in [0.25, 0.3) is 0 Å². The van der Waals surface area contributed by atoms with Gasteiger partial charge in [0.1, 0.15) is 13.2 Å². The van der Waals surface area contributed by atoms with Crippen LogP contribution in [0.4, 0.5) is 0 Å². The maximum atomic E-state index is 12.9. The quantitative estimate of drug-likeness (QED) is 0.0261. The number of hydrogen-bond acceptors (Lipinski definition) is 6. The second-order valence-corrected chi connectivity index (χ2v) is 20.9. The van der Waals surface area contributed by atoms with Crippen LogP contribution in [-0.2, 0) is 28.6 Å². The van der Waals surface area contributed by atoms with Gasteiger partial charge in [-0.05, 0) is 141 Å². The third-order valence-corrected chi connectivity index (χ3v) is 13.3. The van der Waals surface area contributed by atoms with Crippen LogP contribution in [0.2, 0.25) is 0 Å². The Morgan fingerprint density at radius 1 is 0.266 bits per heavy atom. The van der Waals surface area contributed by atoms with Crippen molar-refractivity contribution in [3.63, 3.8) is 0 Å². The van der Waals surface area contributed by atoms with Crippen molar-refractivity contribution >= 4 is 17.9 Å². The normalized spacial score (nSPS) is 13.1. The molecule has 0 amide bonds. The SMILES string of the molecule is CC/C=C\C/C=C\C/C=C\C/C=C\C/C=C\C/C=C\C/C=C\C/C=C\C/C=C\C/C=C\CCCCC(=O)OCC(COC(=O)CCCCCCC/C=C\CCC)OC(=O)CCCCCCCCC/C=C\CCCCCCCCC. The summed E-state index contributed by atoms with van der Waals surface area (Å²) in [4.78, 5) is 38.2. The van der Waals surface area contributed by atoms with Gasteiger partial charge in [0.2, 0.25) is 0 Å². The third-order valence-electron chi connectivity index (χ3n) is 13.3. The highest BCUT2D eigenvalue weighted by atomic mass is 16.6. The van der Waals surface area contributed by atoms with E-state index in [1.54, 1.807) is 0 Å². The van der Waals surface area contributed by atoms with Gasteiger partial charge in [0.25, 0.3) is 0 Å². The van der Waals surface area contributed by atoms with Crippen LogP contribution in [-0.4, -0.2) is 37.2 Å². The lowest BCUT2D eigenvalue weighted by molar-refractivity contribution is -0.167. The molecule has 0 aliphatic heterocycles. The lowest BCUT2D eigenvalue weighted by atomic mass is 10.1. The molecule has 0 heterocycles. The highest BCUT2D eigenvalue weighted by Crippen LogP contribution is 2.14. The number of carbonyl (C=O) groups excluding carboxylic acids is 3. The standard InChI is InChI=1S/C73H118O6/c1-4-7-10-13-16-19-22-24-26-28-30-31-32-33-34-35-36-37-38-39-40-41-42-43-44-46-47-49-51-54-57-60-63-66-72(75)78-69-70(68-77-71(74)65-62-59-56-53-21-18-15-12-9-6-3)79-73(76)67-64-61-58-55-52-50-48-45-29-27-25-23-20-17-14-11-8-5-2/h7,10,12,15-16,19,24,26-27,29-31,33-34,36-37,39-40,42-43,46-47,51,54,70H,4-6,8-9,11,13-14,17-18,20-23,25,28,32,35,38,41,44-45,48-50,52-53,55-69H2,1-3H3/b10-7-,15-12-,19-16-,26-24-,29-27-,31-30-,34-33-,37-36-,40-39-,43-42-,47-46-,54-51-. The van der Waals surface area contributed by atoms with Crippen LogP contribution in [0.15, 0.2) is 146 Å². The summed E-state index contributed by atoms with van der Waals surface area (Å²) in [5.41, 5.74) is 0. The molecule has 0 aliphatic rings. The van der Waals surface area contributed by atoms with Gasteiger partial charge in [-0.3, -0.25) is 14.4 Å². The minimum absolute atomic E-state index is 0.102. The molecule has 0 radical (unpaired) electrons. The van der Waals surface area contributed by atoms with Gasteiger partial charge in [-0.2, -0.15) is 0 Å². The Morgan fingerprint density at radius 2 is 0.519 bits per heavy atom. The Balaban J connectivity index is 4.34. The molecule has 79 heavy (non-hydrogen) atoms. The van der Waals surface area contributed by atoms with Crippen LogP contribution < -0.4 is 0 Å². The third kappa shape index (κ3) is 64.0. The van der Waals surface area contributed by atoms with Crippen molar-refractivity contribution in [2.75, 3.05) is 13.2 Å². The average Bonchev–Trinajstić information content (AvgIpc) is 3.45. The number of hydrogen-bond donors (Lipinski definition) is 0.